The quantitative estimate of drug-likeness (QED) is 0.263. The molecule has 0 radical (unpaired) electrons. The van der Waals surface area contributed by atoms with E-state index in [-0.39, 0.29) is 40.4 Å². The van der Waals surface area contributed by atoms with Crippen LogP contribution in [0, 0.1) is 57.2 Å². The molecule has 204 valence electrons. The van der Waals surface area contributed by atoms with Crippen LogP contribution in [0.4, 0.5) is 0 Å². The molecule has 0 aromatic rings. The van der Waals surface area contributed by atoms with Crippen molar-refractivity contribution in [3.8, 4) is 0 Å². The average molecular weight is 533 g/mol. The van der Waals surface area contributed by atoms with E-state index < -0.39 is 16.5 Å². The van der Waals surface area contributed by atoms with E-state index in [1.54, 1.807) is 0 Å². The first-order chi connectivity index (χ1) is 16.1. The largest absolute Gasteiger partial charge is 1.00 e. The molecule has 4 fully saturated rings. The zero-order chi connectivity index (χ0) is 26.0. The zero-order valence-electron chi connectivity index (χ0n) is 24.9. The van der Waals surface area contributed by atoms with Crippen LogP contribution in [0.5, 0.6) is 0 Å². The Bertz CT molecular complexity index is 887. The number of rotatable bonds is 7. The Hall–Kier alpha value is 0.870. The first-order valence-electron chi connectivity index (χ1n) is 14.7. The van der Waals surface area contributed by atoms with Crippen LogP contribution in [0.1, 0.15) is 126 Å². The van der Waals surface area contributed by atoms with E-state index in [4.69, 9.17) is 4.18 Å². The van der Waals surface area contributed by atoms with E-state index in [0.717, 1.165) is 36.5 Å². The van der Waals surface area contributed by atoms with Gasteiger partial charge >= 0.3 is 29.6 Å². The van der Waals surface area contributed by atoms with Gasteiger partial charge in [-0.3, -0.25) is 4.18 Å². The van der Waals surface area contributed by atoms with Crippen LogP contribution in [0.25, 0.3) is 0 Å². The van der Waals surface area contributed by atoms with Crippen LogP contribution in [0.15, 0.2) is 0 Å². The average Bonchev–Trinajstić information content (AvgIpc) is 3.01. The van der Waals surface area contributed by atoms with Gasteiger partial charge in [0.15, 0.2) is 0 Å². The van der Waals surface area contributed by atoms with Gasteiger partial charge < -0.3 is 4.55 Å². The molecule has 36 heavy (non-hydrogen) atoms. The smallest absolute Gasteiger partial charge is 0.726 e. The summed E-state index contributed by atoms with van der Waals surface area (Å²) in [6, 6.07) is 0. The summed E-state index contributed by atoms with van der Waals surface area (Å²) < 4.78 is 39.5. The van der Waals surface area contributed by atoms with Crippen LogP contribution in [0.2, 0.25) is 0 Å². The van der Waals surface area contributed by atoms with Crippen molar-refractivity contribution in [2.45, 2.75) is 132 Å². The number of fused-ring (bicyclic) bond motifs is 5. The van der Waals surface area contributed by atoms with Crippen molar-refractivity contribution >= 4 is 10.4 Å². The van der Waals surface area contributed by atoms with Gasteiger partial charge in [-0.05, 0) is 109 Å². The molecule has 0 aliphatic heterocycles. The van der Waals surface area contributed by atoms with Crippen molar-refractivity contribution in [2.24, 2.45) is 57.2 Å². The van der Waals surface area contributed by atoms with E-state index in [2.05, 4.69) is 55.4 Å². The predicted molar refractivity (Wildman–Crippen MR) is 141 cm³/mol. The Kier molecular flexibility index (Phi) is 9.32. The van der Waals surface area contributed by atoms with Crippen LogP contribution in [-0.2, 0) is 14.6 Å². The van der Waals surface area contributed by atoms with Crippen molar-refractivity contribution in [1.29, 1.82) is 0 Å². The molecule has 0 amide bonds. The summed E-state index contributed by atoms with van der Waals surface area (Å²) in [4.78, 5) is 0. The number of hydrogen-bond donors (Lipinski definition) is 0. The van der Waals surface area contributed by atoms with E-state index in [0.29, 0.717) is 29.1 Å². The van der Waals surface area contributed by atoms with Crippen molar-refractivity contribution in [3.05, 3.63) is 0 Å². The van der Waals surface area contributed by atoms with Gasteiger partial charge in [-0.2, -0.15) is 0 Å². The fourth-order valence-electron chi connectivity index (χ4n) is 10.8. The third kappa shape index (κ3) is 5.18. The topological polar surface area (TPSA) is 66.4 Å². The minimum atomic E-state index is -4.68. The molecule has 0 saturated heterocycles. The maximum Gasteiger partial charge on any atom is 1.00 e. The van der Waals surface area contributed by atoms with Gasteiger partial charge in [0.25, 0.3) is 0 Å². The van der Waals surface area contributed by atoms with Gasteiger partial charge in [0, 0.05) is 0 Å². The molecule has 0 aromatic heterocycles. The molecule has 6 heteroatoms. The molecule has 8 unspecified atom stereocenters. The Morgan fingerprint density at radius 2 is 1.47 bits per heavy atom. The molecule has 0 spiro atoms. The molecule has 0 N–H and O–H groups in total. The maximum absolute atomic E-state index is 11.5. The Morgan fingerprint density at radius 3 is 2.08 bits per heavy atom. The minimum Gasteiger partial charge on any atom is -0.726 e. The second-order valence-electron chi connectivity index (χ2n) is 15.0. The fraction of sp³-hybridized carbons (Fsp3) is 1.00. The Balaban J connectivity index is 0.00000361. The molecular formula is C30H53NaO4S. The minimum absolute atomic E-state index is 0. The zero-order valence-corrected chi connectivity index (χ0v) is 27.7. The van der Waals surface area contributed by atoms with Gasteiger partial charge in [-0.1, -0.05) is 74.7 Å². The second kappa shape index (κ2) is 10.7. The Labute approximate surface area is 245 Å². The summed E-state index contributed by atoms with van der Waals surface area (Å²) in [6.45, 7) is 19.4. The fourth-order valence-corrected chi connectivity index (χ4v) is 11.4. The third-order valence-corrected chi connectivity index (χ3v) is 13.3. The monoisotopic (exact) mass is 532 g/mol. The van der Waals surface area contributed by atoms with Crippen LogP contribution < -0.4 is 29.6 Å². The van der Waals surface area contributed by atoms with Crippen molar-refractivity contribution in [1.82, 2.24) is 0 Å². The van der Waals surface area contributed by atoms with Crippen LogP contribution in [0.3, 0.4) is 0 Å². The molecule has 9 atom stereocenters. The van der Waals surface area contributed by atoms with E-state index in [9.17, 15) is 13.0 Å². The maximum atomic E-state index is 11.5. The second-order valence-corrected chi connectivity index (χ2v) is 16.0. The van der Waals surface area contributed by atoms with E-state index >= 15 is 0 Å². The molecule has 4 aliphatic carbocycles. The van der Waals surface area contributed by atoms with Gasteiger partial charge in [0.1, 0.15) is 0 Å². The first kappa shape index (κ1) is 31.4. The van der Waals surface area contributed by atoms with E-state index in [1.807, 2.05) is 0 Å². The molecular weight excluding hydrogens is 479 g/mol. The predicted octanol–water partition coefficient (Wildman–Crippen LogP) is 4.98. The summed E-state index contributed by atoms with van der Waals surface area (Å²) in [5, 5.41) is 0. The SMILES string of the molecule is CC(C)CCCC(C)C1CC[C@@]2(C)C3CCC4C(C)(C)C(OS(=O)(=O)[O-])CCC4(C)C3CCC12C.[Na+]. The Morgan fingerprint density at radius 1 is 0.833 bits per heavy atom. The van der Waals surface area contributed by atoms with E-state index in [1.165, 1.54) is 51.4 Å². The van der Waals surface area contributed by atoms with Gasteiger partial charge in [0.05, 0.1) is 6.10 Å². The normalized spacial score (nSPS) is 44.8. The molecule has 4 aliphatic rings. The summed E-state index contributed by atoms with van der Waals surface area (Å²) >= 11 is 0. The van der Waals surface area contributed by atoms with Gasteiger partial charge in [-0.25, -0.2) is 8.42 Å². The molecule has 0 bridgehead atoms. The van der Waals surface area contributed by atoms with Crippen LogP contribution >= 0.6 is 0 Å². The van der Waals surface area contributed by atoms with Gasteiger partial charge in [0.2, 0.25) is 10.4 Å². The third-order valence-electron chi connectivity index (χ3n) is 12.8. The van der Waals surface area contributed by atoms with Crippen molar-refractivity contribution in [2.75, 3.05) is 0 Å². The van der Waals surface area contributed by atoms with Crippen molar-refractivity contribution < 1.29 is 46.7 Å². The molecule has 4 rings (SSSR count). The summed E-state index contributed by atoms with van der Waals surface area (Å²) in [7, 11) is -4.68. The summed E-state index contributed by atoms with van der Waals surface area (Å²) in [6.07, 6.45) is 13.0. The summed E-state index contributed by atoms with van der Waals surface area (Å²) in [5.41, 5.74) is 0.724. The van der Waals surface area contributed by atoms with Crippen LogP contribution in [-0.4, -0.2) is 19.1 Å². The molecule has 4 saturated carbocycles. The van der Waals surface area contributed by atoms with Crippen molar-refractivity contribution in [3.63, 3.8) is 0 Å². The standard InChI is InChI=1S/C30H54O4S.Na/c1-20(2)10-9-11-21(3)22-14-18-30(8)24-12-13-25-27(4,5)26(34-35(31,32)33)16-17-28(25,6)23(24)15-19-29(22,30)7;/h20-26H,9-19H2,1-8H3,(H,31,32,33);/q;+1/p-1/t21?,22?,23?,24?,25?,26?,28?,29?,30-;/m0./s1. The molecule has 0 aromatic carbocycles. The molecule has 4 nitrogen and oxygen atoms in total. The van der Waals surface area contributed by atoms with Gasteiger partial charge in [-0.15, -0.1) is 0 Å². The number of hydrogen-bond acceptors (Lipinski definition) is 4. The molecule has 0 heterocycles. The first-order valence-corrected chi connectivity index (χ1v) is 16.0. The summed E-state index contributed by atoms with van der Waals surface area (Å²) in [5.74, 6) is 4.30.